The molecule has 224 valence electrons. The highest BCUT2D eigenvalue weighted by Crippen LogP contribution is 2.49. The number of halogens is 2. The summed E-state index contributed by atoms with van der Waals surface area (Å²) < 4.78 is 73.1. The highest BCUT2D eigenvalue weighted by atomic mass is 31.1. The standard InChI is InChI=1S/C30H28F2N3O7P/c1-38-22-12-8-20(9-13-22)30(19-6-4-3-5-7-19,21-10-14-23(39-2)15-11-21)41-26-25(31)27(42-29(26,32)18-40-43-37)35-17-16-24(33)34-28(35)36/h3-17,25-27H,18H2,1-2H3,(H2,33,34,36)/t25-,26+,27-,29-/m1/s1. The SMILES string of the molecule is COc1ccc(C(O[C@H]2[C@@H](F)[C@H](n3ccc(N)nc3=O)O[C@]2(F)COP=O)(c2ccccc2)c2ccc(OC)cc2)cc1. The molecule has 1 aromatic heterocycles. The third-order valence-electron chi connectivity index (χ3n) is 7.22. The molecule has 2 heterocycles. The Morgan fingerprint density at radius 2 is 1.51 bits per heavy atom. The van der Waals surface area contributed by atoms with Gasteiger partial charge < -0.3 is 24.7 Å². The van der Waals surface area contributed by atoms with Gasteiger partial charge in [0.25, 0.3) is 5.85 Å². The highest BCUT2D eigenvalue weighted by molar-refractivity contribution is 7.17. The van der Waals surface area contributed by atoms with Crippen molar-refractivity contribution < 1.29 is 36.8 Å². The molecule has 4 aromatic rings. The van der Waals surface area contributed by atoms with Crippen LogP contribution in [0.1, 0.15) is 22.9 Å². The molecule has 1 aliphatic heterocycles. The minimum absolute atomic E-state index is 0.107. The summed E-state index contributed by atoms with van der Waals surface area (Å²) in [6, 6.07) is 23.8. The maximum absolute atomic E-state index is 16.8. The molecule has 0 spiro atoms. The van der Waals surface area contributed by atoms with Crippen LogP contribution in [-0.4, -0.2) is 48.5 Å². The van der Waals surface area contributed by atoms with E-state index in [4.69, 9.17) is 29.2 Å². The fourth-order valence-corrected chi connectivity index (χ4v) is 5.38. The predicted octanol–water partition coefficient (Wildman–Crippen LogP) is 4.98. The van der Waals surface area contributed by atoms with Gasteiger partial charge in [-0.1, -0.05) is 54.6 Å². The number of aromatic nitrogens is 2. The fraction of sp³-hybridized carbons (Fsp3) is 0.267. The molecule has 0 aliphatic carbocycles. The molecule has 1 fully saturated rings. The van der Waals surface area contributed by atoms with Crippen molar-refractivity contribution in [2.75, 3.05) is 26.6 Å². The zero-order valence-corrected chi connectivity index (χ0v) is 24.0. The van der Waals surface area contributed by atoms with Gasteiger partial charge in [0.1, 0.15) is 29.5 Å². The summed E-state index contributed by atoms with van der Waals surface area (Å²) in [6.45, 7) is -0.979. The zero-order valence-electron chi connectivity index (χ0n) is 23.1. The van der Waals surface area contributed by atoms with Gasteiger partial charge in [-0.2, -0.15) is 4.98 Å². The third kappa shape index (κ3) is 5.74. The van der Waals surface area contributed by atoms with Crippen LogP contribution in [0.25, 0.3) is 0 Å². The van der Waals surface area contributed by atoms with Gasteiger partial charge in [-0.15, -0.1) is 0 Å². The Hall–Kier alpha value is -4.22. The van der Waals surface area contributed by atoms with Crippen molar-refractivity contribution in [1.82, 2.24) is 9.55 Å². The number of rotatable bonds is 11. The van der Waals surface area contributed by atoms with Crippen LogP contribution in [0.5, 0.6) is 11.5 Å². The van der Waals surface area contributed by atoms with Crippen molar-refractivity contribution >= 4 is 14.5 Å². The van der Waals surface area contributed by atoms with E-state index in [1.165, 1.54) is 20.3 Å². The molecule has 0 bridgehead atoms. The quantitative estimate of drug-likeness (QED) is 0.185. The van der Waals surface area contributed by atoms with Crippen LogP contribution in [-0.2, 0) is 24.2 Å². The average Bonchev–Trinajstić information content (AvgIpc) is 3.28. The molecule has 4 atom stereocenters. The van der Waals surface area contributed by atoms with Crippen LogP contribution in [0.4, 0.5) is 14.6 Å². The van der Waals surface area contributed by atoms with Crippen molar-refractivity contribution in [3.05, 3.63) is 118 Å². The molecule has 0 radical (unpaired) electrons. The summed E-state index contributed by atoms with van der Waals surface area (Å²) in [4.78, 5) is 16.2. The third-order valence-corrected chi connectivity index (χ3v) is 7.45. The topological polar surface area (TPSA) is 124 Å². The lowest BCUT2D eigenvalue weighted by Crippen LogP contribution is -2.49. The van der Waals surface area contributed by atoms with Crippen LogP contribution >= 0.6 is 8.69 Å². The van der Waals surface area contributed by atoms with Crippen LogP contribution in [0.3, 0.4) is 0 Å². The molecule has 2 N–H and O–H groups in total. The summed E-state index contributed by atoms with van der Waals surface area (Å²) in [6.07, 6.45) is -4.97. The second kappa shape index (κ2) is 12.6. The number of anilines is 1. The number of nitrogens with zero attached hydrogens (tertiary/aromatic N) is 2. The van der Waals surface area contributed by atoms with Crippen molar-refractivity contribution in [2.45, 2.75) is 30.0 Å². The van der Waals surface area contributed by atoms with Gasteiger partial charge >= 0.3 is 14.4 Å². The molecule has 0 unspecified atom stereocenters. The lowest BCUT2D eigenvalue weighted by Gasteiger charge is -2.40. The van der Waals surface area contributed by atoms with Crippen molar-refractivity contribution in [3.63, 3.8) is 0 Å². The highest BCUT2D eigenvalue weighted by Gasteiger charge is 2.62. The van der Waals surface area contributed by atoms with E-state index in [2.05, 4.69) is 4.98 Å². The van der Waals surface area contributed by atoms with Crippen molar-refractivity contribution in [3.8, 4) is 11.5 Å². The smallest absolute Gasteiger partial charge is 0.351 e. The summed E-state index contributed by atoms with van der Waals surface area (Å²) in [5.74, 6) is -2.03. The van der Waals surface area contributed by atoms with Gasteiger partial charge in [-0.3, -0.25) is 9.09 Å². The van der Waals surface area contributed by atoms with E-state index in [9.17, 15) is 9.36 Å². The number of ether oxygens (including phenoxy) is 4. The van der Waals surface area contributed by atoms with Crippen LogP contribution < -0.4 is 20.9 Å². The van der Waals surface area contributed by atoms with Crippen molar-refractivity contribution in [1.29, 1.82) is 0 Å². The first-order valence-corrected chi connectivity index (χ1v) is 13.8. The van der Waals surface area contributed by atoms with E-state index >= 15 is 8.78 Å². The van der Waals surface area contributed by atoms with Gasteiger partial charge in [0.2, 0.25) is 0 Å². The Balaban J connectivity index is 1.73. The van der Waals surface area contributed by atoms with E-state index < -0.39 is 50.9 Å². The molecule has 10 nitrogen and oxygen atoms in total. The Bertz CT molecular complexity index is 1560. The normalized spacial score (nSPS) is 22.0. The second-order valence-electron chi connectivity index (χ2n) is 9.67. The number of hydrogen-bond acceptors (Lipinski definition) is 9. The minimum Gasteiger partial charge on any atom is -0.497 e. The van der Waals surface area contributed by atoms with E-state index in [-0.39, 0.29) is 5.82 Å². The molecule has 1 saturated heterocycles. The monoisotopic (exact) mass is 611 g/mol. The number of alkyl halides is 2. The van der Waals surface area contributed by atoms with Gasteiger partial charge in [-0.25, -0.2) is 18.1 Å². The van der Waals surface area contributed by atoms with E-state index in [0.29, 0.717) is 28.2 Å². The lowest BCUT2D eigenvalue weighted by molar-refractivity contribution is -0.227. The molecule has 3 aromatic carbocycles. The molecule has 0 saturated carbocycles. The van der Waals surface area contributed by atoms with Gasteiger partial charge in [0, 0.05) is 6.20 Å². The maximum atomic E-state index is 16.8. The minimum atomic E-state index is -3.01. The number of hydrogen-bond donors (Lipinski definition) is 1. The maximum Gasteiger partial charge on any atom is 0.351 e. The number of nitrogen functional groups attached to an aromatic ring is 1. The van der Waals surface area contributed by atoms with Crippen LogP contribution in [0.15, 0.2) is 95.9 Å². The number of methoxy groups -OCH3 is 2. The first kappa shape index (κ1) is 30.2. The second-order valence-corrected chi connectivity index (χ2v) is 10.1. The fourth-order valence-electron chi connectivity index (χ4n) is 5.15. The molecule has 1 aliphatic rings. The first-order valence-electron chi connectivity index (χ1n) is 13.1. The van der Waals surface area contributed by atoms with Crippen LogP contribution in [0.2, 0.25) is 0 Å². The molecule has 13 heteroatoms. The van der Waals surface area contributed by atoms with Gasteiger partial charge in [0.15, 0.2) is 18.5 Å². The van der Waals surface area contributed by atoms with Gasteiger partial charge in [0.05, 0.1) is 14.2 Å². The Labute approximate surface area is 247 Å². The largest absolute Gasteiger partial charge is 0.497 e. The number of benzene rings is 3. The predicted molar refractivity (Wildman–Crippen MR) is 153 cm³/mol. The van der Waals surface area contributed by atoms with E-state index in [1.54, 1.807) is 78.9 Å². The zero-order chi connectivity index (χ0) is 30.6. The molecule has 43 heavy (non-hydrogen) atoms. The molecular formula is C30H28F2N3O7P. The Morgan fingerprint density at radius 3 is 2.02 bits per heavy atom. The summed E-state index contributed by atoms with van der Waals surface area (Å²) >= 11 is 0. The molecule has 0 amide bonds. The average molecular weight is 612 g/mol. The van der Waals surface area contributed by atoms with E-state index in [1.807, 2.05) is 0 Å². The van der Waals surface area contributed by atoms with E-state index in [0.717, 1.165) is 10.8 Å². The Kier molecular flexibility index (Phi) is 8.84. The first-order chi connectivity index (χ1) is 20.8. The molecule has 5 rings (SSSR count). The van der Waals surface area contributed by atoms with Crippen molar-refractivity contribution in [2.24, 2.45) is 0 Å². The Morgan fingerprint density at radius 1 is 0.953 bits per heavy atom. The lowest BCUT2D eigenvalue weighted by atomic mass is 9.79. The van der Waals surface area contributed by atoms with Gasteiger partial charge in [-0.05, 0) is 47.0 Å². The number of nitrogens with two attached hydrogens (primary N) is 1. The van der Waals surface area contributed by atoms with Crippen LogP contribution in [0, 0.1) is 0 Å². The summed E-state index contributed by atoms with van der Waals surface area (Å²) in [5.41, 5.74) is 4.50. The molecular weight excluding hydrogens is 583 g/mol. The summed E-state index contributed by atoms with van der Waals surface area (Å²) in [7, 11) is 2.17. The summed E-state index contributed by atoms with van der Waals surface area (Å²) in [5, 5.41) is 0.